The van der Waals surface area contributed by atoms with Gasteiger partial charge < -0.3 is 16.0 Å². The highest BCUT2D eigenvalue weighted by atomic mass is 16.1. The highest BCUT2D eigenvalue weighted by Crippen LogP contribution is 2.31. The van der Waals surface area contributed by atoms with Crippen molar-refractivity contribution in [1.82, 2.24) is 10.2 Å². The number of rotatable bonds is 5. The molecule has 0 aromatic heterocycles. The van der Waals surface area contributed by atoms with Crippen LogP contribution in [0.25, 0.3) is 0 Å². The Bertz CT molecular complexity index is 287. The van der Waals surface area contributed by atoms with E-state index in [0.717, 1.165) is 38.1 Å². The van der Waals surface area contributed by atoms with Gasteiger partial charge in [-0.2, -0.15) is 0 Å². The molecule has 4 heteroatoms. The molecule has 1 saturated heterocycles. The van der Waals surface area contributed by atoms with Gasteiger partial charge in [0.05, 0.1) is 0 Å². The third-order valence-electron chi connectivity index (χ3n) is 4.99. The van der Waals surface area contributed by atoms with Crippen LogP contribution in [-0.2, 0) is 4.79 Å². The second-order valence-electron chi connectivity index (χ2n) is 6.36. The molecule has 1 aliphatic carbocycles. The third kappa shape index (κ3) is 4.18. The third-order valence-corrected chi connectivity index (χ3v) is 4.99. The number of hydrogen-bond acceptors (Lipinski definition) is 3. The zero-order valence-corrected chi connectivity index (χ0v) is 12.2. The van der Waals surface area contributed by atoms with Gasteiger partial charge >= 0.3 is 0 Å². The molecule has 2 rings (SSSR count). The Morgan fingerprint density at radius 3 is 2.68 bits per heavy atom. The van der Waals surface area contributed by atoms with Crippen LogP contribution >= 0.6 is 0 Å². The number of nitrogens with zero attached hydrogens (tertiary/aromatic N) is 1. The lowest BCUT2D eigenvalue weighted by molar-refractivity contribution is -0.126. The van der Waals surface area contributed by atoms with E-state index in [-0.39, 0.29) is 11.8 Å². The van der Waals surface area contributed by atoms with E-state index in [9.17, 15) is 4.79 Å². The van der Waals surface area contributed by atoms with E-state index in [4.69, 9.17) is 5.73 Å². The van der Waals surface area contributed by atoms with Crippen LogP contribution in [0.4, 0.5) is 0 Å². The molecule has 1 aliphatic heterocycles. The molecule has 2 fully saturated rings. The molecule has 2 atom stereocenters. The summed E-state index contributed by atoms with van der Waals surface area (Å²) in [7, 11) is 2.19. The molecule has 0 aromatic carbocycles. The first-order chi connectivity index (χ1) is 9.20. The quantitative estimate of drug-likeness (QED) is 0.787. The second kappa shape index (κ2) is 7.25. The SMILES string of the molecule is CN1CCC(CCNC(=O)C2CCCC2CN)CC1. The Morgan fingerprint density at radius 1 is 1.26 bits per heavy atom. The Kier molecular flexibility index (Phi) is 5.64. The molecule has 2 unspecified atom stereocenters. The van der Waals surface area contributed by atoms with Crippen molar-refractivity contribution in [1.29, 1.82) is 0 Å². The summed E-state index contributed by atoms with van der Waals surface area (Å²) < 4.78 is 0. The summed E-state index contributed by atoms with van der Waals surface area (Å²) >= 11 is 0. The average molecular weight is 267 g/mol. The molecule has 0 aromatic rings. The first-order valence-electron chi connectivity index (χ1n) is 7.87. The lowest BCUT2D eigenvalue weighted by Crippen LogP contribution is -2.37. The van der Waals surface area contributed by atoms with Crippen LogP contribution in [0, 0.1) is 17.8 Å². The first kappa shape index (κ1) is 14.8. The summed E-state index contributed by atoms with van der Waals surface area (Å²) in [5.74, 6) is 1.65. The van der Waals surface area contributed by atoms with Crippen LogP contribution in [0.3, 0.4) is 0 Å². The van der Waals surface area contributed by atoms with Crippen molar-refractivity contribution in [2.24, 2.45) is 23.5 Å². The molecule has 19 heavy (non-hydrogen) atoms. The fraction of sp³-hybridized carbons (Fsp3) is 0.933. The number of nitrogens with two attached hydrogens (primary N) is 1. The second-order valence-corrected chi connectivity index (χ2v) is 6.36. The molecule has 2 aliphatic rings. The van der Waals surface area contributed by atoms with Crippen LogP contribution in [0.15, 0.2) is 0 Å². The van der Waals surface area contributed by atoms with Crippen molar-refractivity contribution in [2.75, 3.05) is 33.2 Å². The van der Waals surface area contributed by atoms with Crippen molar-refractivity contribution in [3.63, 3.8) is 0 Å². The van der Waals surface area contributed by atoms with Gasteiger partial charge in [0.1, 0.15) is 0 Å². The fourth-order valence-electron chi connectivity index (χ4n) is 3.55. The van der Waals surface area contributed by atoms with E-state index in [2.05, 4.69) is 17.3 Å². The summed E-state index contributed by atoms with van der Waals surface area (Å²) in [4.78, 5) is 14.5. The number of carbonyl (C=O) groups excluding carboxylic acids is 1. The van der Waals surface area contributed by atoms with Gasteiger partial charge in [-0.3, -0.25) is 4.79 Å². The summed E-state index contributed by atoms with van der Waals surface area (Å²) in [6.45, 7) is 3.92. The smallest absolute Gasteiger partial charge is 0.223 e. The molecule has 0 spiro atoms. The number of hydrogen-bond donors (Lipinski definition) is 2. The van der Waals surface area contributed by atoms with Gasteiger partial charge in [-0.25, -0.2) is 0 Å². The largest absolute Gasteiger partial charge is 0.356 e. The minimum Gasteiger partial charge on any atom is -0.356 e. The minimum atomic E-state index is 0.183. The van der Waals surface area contributed by atoms with Gasteiger partial charge in [0.15, 0.2) is 0 Å². The normalized spacial score (nSPS) is 29.6. The summed E-state index contributed by atoms with van der Waals surface area (Å²) in [6.07, 6.45) is 7.02. The van der Waals surface area contributed by atoms with Crippen LogP contribution in [0.5, 0.6) is 0 Å². The zero-order valence-electron chi connectivity index (χ0n) is 12.2. The van der Waals surface area contributed by atoms with Crippen molar-refractivity contribution in [2.45, 2.75) is 38.5 Å². The average Bonchev–Trinajstić information content (AvgIpc) is 2.89. The number of likely N-dealkylation sites (tertiary alicyclic amines) is 1. The van der Waals surface area contributed by atoms with Gasteiger partial charge in [0.2, 0.25) is 5.91 Å². The number of amides is 1. The first-order valence-corrected chi connectivity index (χ1v) is 7.87. The maximum absolute atomic E-state index is 12.1. The van der Waals surface area contributed by atoms with Crippen molar-refractivity contribution in [3.05, 3.63) is 0 Å². The molecule has 1 amide bonds. The topological polar surface area (TPSA) is 58.4 Å². The number of piperidine rings is 1. The summed E-state index contributed by atoms with van der Waals surface area (Å²) in [6, 6.07) is 0. The molecule has 4 nitrogen and oxygen atoms in total. The predicted molar refractivity (Wildman–Crippen MR) is 77.7 cm³/mol. The molecule has 3 N–H and O–H groups in total. The van der Waals surface area contributed by atoms with Crippen molar-refractivity contribution in [3.8, 4) is 0 Å². The van der Waals surface area contributed by atoms with Crippen molar-refractivity contribution >= 4 is 5.91 Å². The number of nitrogens with one attached hydrogen (secondary N) is 1. The van der Waals surface area contributed by atoms with Gasteiger partial charge in [-0.05, 0) is 70.6 Å². The molecule has 1 saturated carbocycles. The highest BCUT2D eigenvalue weighted by molar-refractivity contribution is 5.79. The Balaban J connectivity index is 1.64. The van der Waals surface area contributed by atoms with Crippen molar-refractivity contribution < 1.29 is 4.79 Å². The molecule has 110 valence electrons. The highest BCUT2D eigenvalue weighted by Gasteiger charge is 2.31. The van der Waals surface area contributed by atoms with Crippen LogP contribution < -0.4 is 11.1 Å². The van der Waals surface area contributed by atoms with Crippen LogP contribution in [-0.4, -0.2) is 44.0 Å². The maximum atomic E-state index is 12.1. The van der Waals surface area contributed by atoms with Gasteiger partial charge in [0.25, 0.3) is 0 Å². The lowest BCUT2D eigenvalue weighted by Gasteiger charge is -2.29. The Labute approximate surface area is 117 Å². The van der Waals surface area contributed by atoms with Gasteiger partial charge in [-0.15, -0.1) is 0 Å². The fourth-order valence-corrected chi connectivity index (χ4v) is 3.55. The monoisotopic (exact) mass is 267 g/mol. The Hall–Kier alpha value is -0.610. The summed E-state index contributed by atoms with van der Waals surface area (Å²) in [5.41, 5.74) is 5.74. The lowest BCUT2D eigenvalue weighted by atomic mass is 9.93. The van der Waals surface area contributed by atoms with Crippen LogP contribution in [0.2, 0.25) is 0 Å². The van der Waals surface area contributed by atoms with E-state index in [1.165, 1.54) is 25.9 Å². The predicted octanol–water partition coefficient (Wildman–Crippen LogP) is 1.21. The zero-order chi connectivity index (χ0) is 13.7. The van der Waals surface area contributed by atoms with E-state index in [1.54, 1.807) is 0 Å². The van der Waals surface area contributed by atoms with Gasteiger partial charge in [-0.1, -0.05) is 6.42 Å². The van der Waals surface area contributed by atoms with E-state index in [0.29, 0.717) is 12.5 Å². The molecular formula is C15H29N3O. The van der Waals surface area contributed by atoms with E-state index in [1.807, 2.05) is 0 Å². The van der Waals surface area contributed by atoms with Gasteiger partial charge in [0, 0.05) is 12.5 Å². The standard InChI is InChI=1S/C15H29N3O/c1-18-9-6-12(7-10-18)5-8-17-15(19)14-4-2-3-13(14)11-16/h12-14H,2-11,16H2,1H3,(H,17,19). The molecule has 0 bridgehead atoms. The molecular weight excluding hydrogens is 238 g/mol. The maximum Gasteiger partial charge on any atom is 0.223 e. The Morgan fingerprint density at radius 2 is 2.00 bits per heavy atom. The minimum absolute atomic E-state index is 0.183. The summed E-state index contributed by atoms with van der Waals surface area (Å²) in [5, 5.41) is 3.14. The van der Waals surface area contributed by atoms with E-state index >= 15 is 0 Å². The molecule has 1 heterocycles. The molecule has 0 radical (unpaired) electrons. The van der Waals surface area contributed by atoms with Crippen LogP contribution in [0.1, 0.15) is 38.5 Å². The van der Waals surface area contributed by atoms with E-state index < -0.39 is 0 Å². The number of carbonyl (C=O) groups is 1.